The number of nitrogens with zero attached hydrogens (tertiary/aromatic N) is 1. The van der Waals surface area contributed by atoms with Crippen LogP contribution in [0.3, 0.4) is 0 Å². The van der Waals surface area contributed by atoms with Crippen LogP contribution in [0.5, 0.6) is 0 Å². The normalized spacial score (nSPS) is 16.1. The highest BCUT2D eigenvalue weighted by molar-refractivity contribution is 7.92. The van der Waals surface area contributed by atoms with Crippen molar-refractivity contribution in [1.82, 2.24) is 4.31 Å². The third-order valence-corrected chi connectivity index (χ3v) is 7.08. The van der Waals surface area contributed by atoms with E-state index in [-0.39, 0.29) is 22.5 Å². The highest BCUT2D eigenvalue weighted by Crippen LogP contribution is 2.33. The summed E-state index contributed by atoms with van der Waals surface area (Å²) in [5.74, 6) is -0.253. The molecule has 2 N–H and O–H groups in total. The number of hydrogen-bond acceptors (Lipinski definition) is 3. The van der Waals surface area contributed by atoms with Gasteiger partial charge in [0.05, 0.1) is 41.9 Å². The van der Waals surface area contributed by atoms with Crippen LogP contribution in [0.25, 0.3) is 6.08 Å². The lowest BCUT2D eigenvalue weighted by Gasteiger charge is -2.30. The third kappa shape index (κ3) is 6.20. The van der Waals surface area contributed by atoms with Crippen molar-refractivity contribution in [3.05, 3.63) is 68.5 Å². The topological polar surface area (TPSA) is 70.9 Å². The van der Waals surface area contributed by atoms with Crippen LogP contribution < -0.4 is 10.2 Å². The maximum atomic E-state index is 12.5. The Morgan fingerprint density at radius 2 is 1.67 bits per heavy atom. The molecule has 1 aliphatic heterocycles. The Hall–Kier alpha value is -1.61. The van der Waals surface area contributed by atoms with Gasteiger partial charge in [0.15, 0.2) is 6.54 Å². The van der Waals surface area contributed by atoms with E-state index >= 15 is 0 Å². The number of quaternary nitrogens is 1. The number of piperazine rings is 1. The summed E-state index contributed by atoms with van der Waals surface area (Å²) < 4.78 is 26.5. The van der Waals surface area contributed by atoms with Crippen molar-refractivity contribution in [2.45, 2.75) is 0 Å². The van der Waals surface area contributed by atoms with Crippen LogP contribution in [0.1, 0.15) is 5.56 Å². The van der Waals surface area contributed by atoms with Gasteiger partial charge in [0, 0.05) is 10.4 Å². The SMILES string of the molecule is O=C(C[NH+]1CCN(S(=O)(=O)/C=C/c2ccccc2)CC1)Nc1c(Cl)cc(Cl)cc1Cl. The standard InChI is InChI=1S/C20H20Cl3N3O3S/c21-16-12-17(22)20(18(23)13-16)24-19(27)14-25-7-9-26(10-8-25)30(28,29)11-6-15-4-2-1-3-5-15/h1-6,11-13H,7-10,14H2,(H,24,27)/p+1/b11-6+. The van der Waals surface area contributed by atoms with Gasteiger partial charge in [-0.25, -0.2) is 8.42 Å². The second-order valence-corrected chi connectivity index (χ2v) is 9.95. The fourth-order valence-corrected chi connectivity index (χ4v) is 5.22. The van der Waals surface area contributed by atoms with E-state index in [0.717, 1.165) is 10.5 Å². The van der Waals surface area contributed by atoms with E-state index in [1.54, 1.807) is 6.08 Å². The van der Waals surface area contributed by atoms with Crippen LogP contribution in [-0.4, -0.2) is 51.4 Å². The first kappa shape index (κ1) is 23.1. The van der Waals surface area contributed by atoms with Gasteiger partial charge in [0.2, 0.25) is 10.0 Å². The summed E-state index contributed by atoms with van der Waals surface area (Å²) >= 11 is 18.1. The monoisotopic (exact) mass is 488 g/mol. The van der Waals surface area contributed by atoms with Crippen LogP contribution >= 0.6 is 34.8 Å². The average Bonchev–Trinajstić information content (AvgIpc) is 2.70. The molecule has 1 aliphatic rings. The molecule has 0 radical (unpaired) electrons. The molecule has 160 valence electrons. The molecular formula is C20H21Cl3N3O3S+. The van der Waals surface area contributed by atoms with Crippen molar-refractivity contribution in [2.24, 2.45) is 0 Å². The molecule has 2 aromatic rings. The minimum Gasteiger partial charge on any atom is -0.325 e. The van der Waals surface area contributed by atoms with Crippen molar-refractivity contribution >= 4 is 62.5 Å². The number of benzene rings is 2. The number of anilines is 1. The van der Waals surface area contributed by atoms with Crippen molar-refractivity contribution < 1.29 is 18.1 Å². The Morgan fingerprint density at radius 1 is 1.07 bits per heavy atom. The molecule has 2 aromatic carbocycles. The lowest BCUT2D eigenvalue weighted by molar-refractivity contribution is -0.895. The minimum atomic E-state index is -3.51. The van der Waals surface area contributed by atoms with E-state index < -0.39 is 10.0 Å². The predicted octanol–water partition coefficient (Wildman–Crippen LogP) is 2.79. The summed E-state index contributed by atoms with van der Waals surface area (Å²) in [4.78, 5) is 13.4. The van der Waals surface area contributed by atoms with E-state index in [4.69, 9.17) is 34.8 Å². The van der Waals surface area contributed by atoms with E-state index in [1.807, 2.05) is 30.3 Å². The van der Waals surface area contributed by atoms with Gasteiger partial charge in [-0.05, 0) is 23.8 Å². The molecule has 0 atom stereocenters. The highest BCUT2D eigenvalue weighted by atomic mass is 35.5. The van der Waals surface area contributed by atoms with Crippen molar-refractivity contribution in [3.8, 4) is 0 Å². The lowest BCUT2D eigenvalue weighted by atomic mass is 10.2. The number of halogens is 3. The number of hydrogen-bond donors (Lipinski definition) is 2. The number of amides is 1. The van der Waals surface area contributed by atoms with Gasteiger partial charge >= 0.3 is 0 Å². The Morgan fingerprint density at radius 3 is 2.27 bits per heavy atom. The number of nitrogens with one attached hydrogen (secondary N) is 2. The number of sulfonamides is 1. The molecule has 1 saturated heterocycles. The lowest BCUT2D eigenvalue weighted by Crippen LogP contribution is -3.15. The van der Waals surface area contributed by atoms with Crippen molar-refractivity contribution in [1.29, 1.82) is 0 Å². The molecular weight excluding hydrogens is 469 g/mol. The molecule has 3 rings (SSSR count). The Bertz CT molecular complexity index is 1010. The molecule has 0 aromatic heterocycles. The summed E-state index contributed by atoms with van der Waals surface area (Å²) in [5, 5.41) is 4.84. The quantitative estimate of drug-likeness (QED) is 0.655. The number of carbonyl (C=O) groups is 1. The smallest absolute Gasteiger partial charge is 0.279 e. The van der Waals surface area contributed by atoms with Crippen molar-refractivity contribution in [2.75, 3.05) is 38.0 Å². The van der Waals surface area contributed by atoms with E-state index in [2.05, 4.69) is 5.32 Å². The zero-order valence-electron chi connectivity index (χ0n) is 15.9. The van der Waals surface area contributed by atoms with E-state index in [0.29, 0.717) is 36.9 Å². The second kappa shape index (κ2) is 10.1. The molecule has 1 fully saturated rings. The minimum absolute atomic E-state index is 0.184. The molecule has 30 heavy (non-hydrogen) atoms. The third-order valence-electron chi connectivity index (χ3n) is 4.70. The zero-order valence-corrected chi connectivity index (χ0v) is 19.0. The number of carbonyl (C=O) groups excluding carboxylic acids is 1. The largest absolute Gasteiger partial charge is 0.325 e. The molecule has 6 nitrogen and oxygen atoms in total. The fraction of sp³-hybridized carbons (Fsp3) is 0.250. The van der Waals surface area contributed by atoms with Crippen LogP contribution in [0.4, 0.5) is 5.69 Å². The van der Waals surface area contributed by atoms with E-state index in [1.165, 1.54) is 21.8 Å². The second-order valence-electron chi connectivity index (χ2n) is 6.88. The Labute approximate surface area is 191 Å². The van der Waals surface area contributed by atoms with Crippen LogP contribution in [0, 0.1) is 0 Å². The van der Waals surface area contributed by atoms with Gasteiger partial charge in [-0.1, -0.05) is 65.1 Å². The van der Waals surface area contributed by atoms with Crippen LogP contribution in [0.2, 0.25) is 15.1 Å². The molecule has 0 spiro atoms. The first-order valence-corrected chi connectivity index (χ1v) is 11.9. The Kier molecular flexibility index (Phi) is 7.79. The van der Waals surface area contributed by atoms with Gasteiger partial charge < -0.3 is 10.2 Å². The molecule has 0 aliphatic carbocycles. The van der Waals surface area contributed by atoms with Gasteiger partial charge in [0.25, 0.3) is 5.91 Å². The molecule has 0 unspecified atom stereocenters. The summed E-state index contributed by atoms with van der Waals surface area (Å²) in [6.07, 6.45) is 1.58. The van der Waals surface area contributed by atoms with Gasteiger partial charge in [-0.2, -0.15) is 4.31 Å². The van der Waals surface area contributed by atoms with Gasteiger partial charge in [0.1, 0.15) is 0 Å². The Balaban J connectivity index is 1.53. The number of rotatable bonds is 6. The zero-order chi connectivity index (χ0) is 21.7. The predicted molar refractivity (Wildman–Crippen MR) is 122 cm³/mol. The molecule has 0 saturated carbocycles. The average molecular weight is 490 g/mol. The summed E-state index contributed by atoms with van der Waals surface area (Å²) in [6, 6.07) is 12.3. The van der Waals surface area contributed by atoms with Crippen molar-refractivity contribution in [3.63, 3.8) is 0 Å². The van der Waals surface area contributed by atoms with E-state index in [9.17, 15) is 13.2 Å². The van der Waals surface area contributed by atoms with Gasteiger partial charge in [-0.15, -0.1) is 0 Å². The summed E-state index contributed by atoms with van der Waals surface area (Å²) in [6.45, 7) is 1.91. The summed E-state index contributed by atoms with van der Waals surface area (Å²) in [5.41, 5.74) is 1.14. The maximum Gasteiger partial charge on any atom is 0.279 e. The highest BCUT2D eigenvalue weighted by Gasteiger charge is 2.28. The first-order valence-electron chi connectivity index (χ1n) is 9.26. The summed E-state index contributed by atoms with van der Waals surface area (Å²) in [7, 11) is -3.51. The maximum absolute atomic E-state index is 12.5. The molecule has 0 bridgehead atoms. The first-order chi connectivity index (χ1) is 14.2. The van der Waals surface area contributed by atoms with Gasteiger partial charge in [-0.3, -0.25) is 4.79 Å². The molecule has 1 amide bonds. The molecule has 1 heterocycles. The fourth-order valence-electron chi connectivity index (χ4n) is 3.12. The van der Waals surface area contributed by atoms with Crippen LogP contribution in [0.15, 0.2) is 47.9 Å². The molecule has 10 heteroatoms. The van der Waals surface area contributed by atoms with Crippen LogP contribution in [-0.2, 0) is 14.8 Å².